The van der Waals surface area contributed by atoms with Crippen molar-refractivity contribution in [2.24, 2.45) is 0 Å². The molecule has 0 aliphatic carbocycles. The van der Waals surface area contributed by atoms with Gasteiger partial charge in [0.15, 0.2) is 0 Å². The van der Waals surface area contributed by atoms with E-state index in [0.29, 0.717) is 12.0 Å². The van der Waals surface area contributed by atoms with Gasteiger partial charge in [-0.3, -0.25) is 4.68 Å². The predicted molar refractivity (Wildman–Crippen MR) is 77.9 cm³/mol. The number of nitrogens with zero attached hydrogens (tertiary/aromatic N) is 3. The summed E-state index contributed by atoms with van der Waals surface area (Å²) in [7, 11) is 0. The smallest absolute Gasteiger partial charge is 0.0965 e. The van der Waals surface area contributed by atoms with Crippen molar-refractivity contribution in [2.75, 3.05) is 6.54 Å². The van der Waals surface area contributed by atoms with Crippen molar-refractivity contribution in [1.29, 1.82) is 0 Å². The van der Waals surface area contributed by atoms with Crippen molar-refractivity contribution in [3.8, 4) is 0 Å². The minimum absolute atomic E-state index is 0.388. The van der Waals surface area contributed by atoms with E-state index in [-0.39, 0.29) is 0 Å². The first-order valence-electron chi connectivity index (χ1n) is 5.96. The summed E-state index contributed by atoms with van der Waals surface area (Å²) in [6.45, 7) is 6.18. The van der Waals surface area contributed by atoms with E-state index in [9.17, 15) is 0 Å². The maximum atomic E-state index is 4.34. The van der Waals surface area contributed by atoms with Crippen LogP contribution in [0.5, 0.6) is 0 Å². The Morgan fingerprint density at radius 3 is 2.94 bits per heavy atom. The van der Waals surface area contributed by atoms with E-state index in [1.807, 2.05) is 28.7 Å². The van der Waals surface area contributed by atoms with Gasteiger partial charge in [-0.05, 0) is 22.9 Å². The average Bonchev–Trinajstić information content (AvgIpc) is 2.97. The molecule has 98 valence electrons. The van der Waals surface area contributed by atoms with Gasteiger partial charge in [0.25, 0.3) is 0 Å². The molecule has 0 fully saturated rings. The molecule has 2 heterocycles. The quantitative estimate of drug-likeness (QED) is 0.886. The lowest BCUT2D eigenvalue weighted by atomic mass is 10.2. The molecule has 2 atom stereocenters. The normalized spacial score (nSPS) is 14.6. The van der Waals surface area contributed by atoms with Gasteiger partial charge in [-0.2, -0.15) is 5.10 Å². The Morgan fingerprint density at radius 1 is 1.50 bits per heavy atom. The summed E-state index contributed by atoms with van der Waals surface area (Å²) in [5.41, 5.74) is 0. The van der Waals surface area contributed by atoms with E-state index < -0.39 is 0 Å². The molecule has 2 aromatic rings. The van der Waals surface area contributed by atoms with Crippen LogP contribution in [-0.2, 0) is 6.54 Å². The van der Waals surface area contributed by atoms with Gasteiger partial charge in [-0.25, -0.2) is 4.98 Å². The van der Waals surface area contributed by atoms with E-state index in [2.05, 4.69) is 45.2 Å². The van der Waals surface area contributed by atoms with Crippen LogP contribution in [0.1, 0.15) is 24.8 Å². The molecule has 18 heavy (non-hydrogen) atoms. The molecule has 2 aromatic heterocycles. The highest BCUT2D eigenvalue weighted by molar-refractivity contribution is 9.10. The Hall–Kier alpha value is -0.720. The zero-order valence-electron chi connectivity index (χ0n) is 10.5. The van der Waals surface area contributed by atoms with Gasteiger partial charge >= 0.3 is 0 Å². The van der Waals surface area contributed by atoms with Crippen LogP contribution < -0.4 is 5.32 Å². The highest BCUT2D eigenvalue weighted by Crippen LogP contribution is 2.16. The SMILES string of the molecule is C[C@@H](Cn1cc(Br)cn1)NC[C@H](C)c1nccs1. The van der Waals surface area contributed by atoms with Crippen LogP contribution in [0.25, 0.3) is 0 Å². The second-order valence-corrected chi connectivity index (χ2v) is 6.30. The van der Waals surface area contributed by atoms with E-state index >= 15 is 0 Å². The number of rotatable bonds is 6. The number of thiazole rings is 1. The first kappa shape index (κ1) is 13.7. The van der Waals surface area contributed by atoms with Crippen molar-refractivity contribution >= 4 is 27.3 Å². The summed E-state index contributed by atoms with van der Waals surface area (Å²) in [4.78, 5) is 4.34. The minimum Gasteiger partial charge on any atom is -0.312 e. The largest absolute Gasteiger partial charge is 0.312 e. The molecule has 0 aliphatic heterocycles. The van der Waals surface area contributed by atoms with E-state index in [4.69, 9.17) is 0 Å². The molecule has 0 radical (unpaired) electrons. The van der Waals surface area contributed by atoms with Crippen LogP contribution in [0.2, 0.25) is 0 Å². The van der Waals surface area contributed by atoms with Crippen LogP contribution in [0.15, 0.2) is 28.4 Å². The Labute approximate surface area is 120 Å². The fraction of sp³-hybridized carbons (Fsp3) is 0.500. The molecule has 0 unspecified atom stereocenters. The third-order valence-corrected chi connectivity index (χ3v) is 4.12. The summed E-state index contributed by atoms with van der Waals surface area (Å²) in [6.07, 6.45) is 5.66. The molecular formula is C12H17BrN4S. The Balaban J connectivity index is 1.76. The molecule has 6 heteroatoms. The van der Waals surface area contributed by atoms with Crippen molar-refractivity contribution in [1.82, 2.24) is 20.1 Å². The molecule has 0 spiro atoms. The van der Waals surface area contributed by atoms with E-state index in [1.54, 1.807) is 11.3 Å². The molecule has 0 saturated carbocycles. The number of hydrogen-bond acceptors (Lipinski definition) is 4. The average molecular weight is 329 g/mol. The second kappa shape index (κ2) is 6.45. The Bertz CT molecular complexity index is 468. The summed E-state index contributed by atoms with van der Waals surface area (Å²) in [5, 5.41) is 11.0. The Morgan fingerprint density at radius 2 is 2.33 bits per heavy atom. The van der Waals surface area contributed by atoms with Crippen molar-refractivity contribution in [2.45, 2.75) is 32.4 Å². The van der Waals surface area contributed by atoms with E-state index in [1.165, 1.54) is 5.01 Å². The fourth-order valence-corrected chi connectivity index (χ4v) is 2.75. The van der Waals surface area contributed by atoms with Crippen LogP contribution in [0.3, 0.4) is 0 Å². The zero-order chi connectivity index (χ0) is 13.0. The maximum absolute atomic E-state index is 4.34. The minimum atomic E-state index is 0.388. The van der Waals surface area contributed by atoms with Crippen molar-refractivity contribution in [3.05, 3.63) is 33.5 Å². The van der Waals surface area contributed by atoms with Gasteiger partial charge in [0.2, 0.25) is 0 Å². The lowest BCUT2D eigenvalue weighted by Gasteiger charge is -2.16. The van der Waals surface area contributed by atoms with Gasteiger partial charge in [0, 0.05) is 36.3 Å². The summed E-state index contributed by atoms with van der Waals surface area (Å²) in [5.74, 6) is 0.455. The third kappa shape index (κ3) is 3.90. The van der Waals surface area contributed by atoms with Gasteiger partial charge in [0.05, 0.1) is 22.2 Å². The van der Waals surface area contributed by atoms with E-state index in [0.717, 1.165) is 17.6 Å². The summed E-state index contributed by atoms with van der Waals surface area (Å²) >= 11 is 5.11. The highest BCUT2D eigenvalue weighted by atomic mass is 79.9. The van der Waals surface area contributed by atoms with Crippen LogP contribution >= 0.6 is 27.3 Å². The van der Waals surface area contributed by atoms with Crippen molar-refractivity contribution < 1.29 is 0 Å². The fourth-order valence-electron chi connectivity index (χ4n) is 1.73. The number of nitrogens with one attached hydrogen (secondary N) is 1. The molecule has 0 amide bonds. The van der Waals surface area contributed by atoms with Crippen molar-refractivity contribution in [3.63, 3.8) is 0 Å². The van der Waals surface area contributed by atoms with Gasteiger partial charge in [0.1, 0.15) is 0 Å². The molecule has 0 aliphatic rings. The maximum Gasteiger partial charge on any atom is 0.0965 e. The molecule has 4 nitrogen and oxygen atoms in total. The molecule has 0 bridgehead atoms. The Kier molecular flexibility index (Phi) is 4.91. The molecule has 1 N–H and O–H groups in total. The van der Waals surface area contributed by atoms with Crippen LogP contribution in [0, 0.1) is 0 Å². The topological polar surface area (TPSA) is 42.7 Å². The third-order valence-electron chi connectivity index (χ3n) is 2.71. The van der Waals surface area contributed by atoms with Gasteiger partial charge in [-0.15, -0.1) is 11.3 Å². The standard InChI is InChI=1S/C12H17BrN4S/c1-9(12-14-3-4-18-12)5-15-10(2)7-17-8-11(13)6-16-17/h3-4,6,8-10,15H,5,7H2,1-2H3/t9-,10-/m0/s1. The van der Waals surface area contributed by atoms with Crippen LogP contribution in [0.4, 0.5) is 0 Å². The molecule has 0 saturated heterocycles. The summed E-state index contributed by atoms with van der Waals surface area (Å²) < 4.78 is 2.96. The molecule has 0 aromatic carbocycles. The summed E-state index contributed by atoms with van der Waals surface area (Å²) in [6, 6.07) is 0.388. The number of halogens is 1. The van der Waals surface area contributed by atoms with Gasteiger partial charge < -0.3 is 5.32 Å². The van der Waals surface area contributed by atoms with Crippen LogP contribution in [-0.4, -0.2) is 27.4 Å². The first-order chi connectivity index (χ1) is 8.65. The predicted octanol–water partition coefficient (Wildman–Crippen LogP) is 2.88. The molecule has 2 rings (SSSR count). The lowest BCUT2D eigenvalue weighted by molar-refractivity contribution is 0.440. The second-order valence-electron chi connectivity index (χ2n) is 4.46. The highest BCUT2D eigenvalue weighted by Gasteiger charge is 2.10. The number of hydrogen-bond donors (Lipinski definition) is 1. The lowest BCUT2D eigenvalue weighted by Crippen LogP contribution is -2.33. The monoisotopic (exact) mass is 328 g/mol. The van der Waals surface area contributed by atoms with Gasteiger partial charge in [-0.1, -0.05) is 6.92 Å². The zero-order valence-corrected chi connectivity index (χ0v) is 12.9. The molecular weight excluding hydrogens is 312 g/mol. The first-order valence-corrected chi connectivity index (χ1v) is 7.63. The number of aromatic nitrogens is 3.